The molecule has 0 amide bonds. The molecule has 0 aromatic heterocycles. The average molecular weight is 405 g/mol. The van der Waals surface area contributed by atoms with Gasteiger partial charge in [0.15, 0.2) is 5.96 Å². The van der Waals surface area contributed by atoms with Gasteiger partial charge >= 0.3 is 0 Å². The predicted octanol–water partition coefficient (Wildman–Crippen LogP) is 2.47. The van der Waals surface area contributed by atoms with Crippen LogP contribution in [-0.4, -0.2) is 43.7 Å². The first-order valence-electron chi connectivity index (χ1n) is 8.35. The molecule has 0 atom stereocenters. The summed E-state index contributed by atoms with van der Waals surface area (Å²) in [6.07, 6.45) is 8.75. The maximum atomic E-state index is 6.20. The Balaban J connectivity index is 0.00000132. The van der Waals surface area contributed by atoms with E-state index >= 15 is 0 Å². The van der Waals surface area contributed by atoms with Gasteiger partial charge in [-0.25, -0.2) is 0 Å². The highest BCUT2D eigenvalue weighted by atomic mass is 127. The molecule has 5 fully saturated rings. The number of halogens is 1. The summed E-state index contributed by atoms with van der Waals surface area (Å²) in [5.74, 6) is 3.76. The first-order valence-corrected chi connectivity index (χ1v) is 8.35. The summed E-state index contributed by atoms with van der Waals surface area (Å²) in [4.78, 5) is 6.99. The van der Waals surface area contributed by atoms with Gasteiger partial charge in [-0.05, 0) is 61.7 Å². The molecule has 5 rings (SSSR count). The highest BCUT2D eigenvalue weighted by Crippen LogP contribution is 2.60. The summed E-state index contributed by atoms with van der Waals surface area (Å²) in [7, 11) is 0. The number of ether oxygens (including phenoxy) is 1. The number of hydrogen-bond acceptors (Lipinski definition) is 2. The second-order valence-corrected chi connectivity index (χ2v) is 7.69. The molecule has 0 unspecified atom stereocenters. The van der Waals surface area contributed by atoms with Crippen LogP contribution in [0.25, 0.3) is 0 Å². The standard InChI is InChI=1S/C16H27N3O.HI/c17-15(19-1-3-20-4-2-19)18-11-16-8-12-5-13(9-16)7-14(6-12)10-16;/h12-14H,1-11H2,(H2,17,18);1H. The summed E-state index contributed by atoms with van der Waals surface area (Å²) in [6, 6.07) is 0. The molecule has 2 N–H and O–H groups in total. The van der Waals surface area contributed by atoms with Gasteiger partial charge in [0.05, 0.1) is 13.2 Å². The fourth-order valence-corrected chi connectivity index (χ4v) is 5.62. The first kappa shape index (κ1) is 15.8. The number of guanidine groups is 1. The molecule has 5 aliphatic rings. The molecule has 0 aromatic carbocycles. The largest absolute Gasteiger partial charge is 0.378 e. The van der Waals surface area contributed by atoms with Crippen LogP contribution in [0.3, 0.4) is 0 Å². The zero-order chi connectivity index (χ0) is 13.6. The number of nitrogens with zero attached hydrogens (tertiary/aromatic N) is 2. The molecule has 0 spiro atoms. The van der Waals surface area contributed by atoms with Crippen molar-refractivity contribution in [3.8, 4) is 0 Å². The maximum Gasteiger partial charge on any atom is 0.191 e. The van der Waals surface area contributed by atoms with E-state index in [1.165, 1.54) is 38.5 Å². The minimum absolute atomic E-state index is 0. The summed E-state index contributed by atoms with van der Waals surface area (Å²) in [5.41, 5.74) is 6.70. The van der Waals surface area contributed by atoms with Crippen LogP contribution in [0.1, 0.15) is 38.5 Å². The van der Waals surface area contributed by atoms with E-state index in [4.69, 9.17) is 15.5 Å². The van der Waals surface area contributed by atoms with Gasteiger partial charge < -0.3 is 15.4 Å². The normalized spacial score (nSPS) is 42.0. The fourth-order valence-electron chi connectivity index (χ4n) is 5.62. The predicted molar refractivity (Wildman–Crippen MR) is 94.9 cm³/mol. The smallest absolute Gasteiger partial charge is 0.191 e. The van der Waals surface area contributed by atoms with E-state index in [0.29, 0.717) is 5.41 Å². The van der Waals surface area contributed by atoms with E-state index < -0.39 is 0 Å². The molecule has 1 heterocycles. The molecule has 0 aromatic rings. The Labute approximate surface area is 144 Å². The molecule has 4 nitrogen and oxygen atoms in total. The van der Waals surface area contributed by atoms with Crippen LogP contribution in [0.5, 0.6) is 0 Å². The second kappa shape index (κ2) is 6.22. The van der Waals surface area contributed by atoms with Gasteiger partial charge in [0.25, 0.3) is 0 Å². The number of hydrogen-bond donors (Lipinski definition) is 1. The van der Waals surface area contributed by atoms with Gasteiger partial charge in [-0.2, -0.15) is 0 Å². The fraction of sp³-hybridized carbons (Fsp3) is 0.938. The van der Waals surface area contributed by atoms with Gasteiger partial charge in [-0.1, -0.05) is 0 Å². The Morgan fingerprint density at radius 3 is 2.10 bits per heavy atom. The third kappa shape index (κ3) is 3.19. The minimum atomic E-state index is 0. The van der Waals surface area contributed by atoms with Gasteiger partial charge in [0, 0.05) is 19.6 Å². The van der Waals surface area contributed by atoms with Crippen molar-refractivity contribution in [2.75, 3.05) is 32.8 Å². The van der Waals surface area contributed by atoms with Crippen molar-refractivity contribution in [1.82, 2.24) is 4.90 Å². The van der Waals surface area contributed by atoms with Crippen molar-refractivity contribution in [1.29, 1.82) is 0 Å². The molecular formula is C16H28IN3O. The van der Waals surface area contributed by atoms with Gasteiger partial charge in [-0.15, -0.1) is 24.0 Å². The monoisotopic (exact) mass is 405 g/mol. The van der Waals surface area contributed by atoms with Crippen molar-refractivity contribution < 1.29 is 4.74 Å². The highest BCUT2D eigenvalue weighted by Gasteiger charge is 2.50. The van der Waals surface area contributed by atoms with Crippen LogP contribution in [-0.2, 0) is 4.74 Å². The highest BCUT2D eigenvalue weighted by molar-refractivity contribution is 14.0. The lowest BCUT2D eigenvalue weighted by Gasteiger charge is -2.56. The quantitative estimate of drug-likeness (QED) is 0.436. The van der Waals surface area contributed by atoms with Crippen LogP contribution in [0.2, 0.25) is 0 Å². The summed E-state index contributed by atoms with van der Waals surface area (Å²) in [6.45, 7) is 4.34. The van der Waals surface area contributed by atoms with Crippen molar-refractivity contribution >= 4 is 29.9 Å². The number of morpholine rings is 1. The van der Waals surface area contributed by atoms with Gasteiger partial charge in [0.2, 0.25) is 0 Å². The Morgan fingerprint density at radius 2 is 1.57 bits per heavy atom. The molecule has 21 heavy (non-hydrogen) atoms. The Kier molecular flexibility index (Phi) is 4.69. The molecule has 1 aliphatic heterocycles. The topological polar surface area (TPSA) is 50.8 Å². The van der Waals surface area contributed by atoms with Crippen molar-refractivity contribution in [3.63, 3.8) is 0 Å². The van der Waals surface area contributed by atoms with Crippen LogP contribution >= 0.6 is 24.0 Å². The Bertz CT molecular complexity index is 371. The molecule has 0 radical (unpaired) electrons. The molecule has 5 heteroatoms. The van der Waals surface area contributed by atoms with E-state index in [-0.39, 0.29) is 24.0 Å². The number of aliphatic imine (C=N–C) groups is 1. The van der Waals surface area contributed by atoms with E-state index in [2.05, 4.69) is 4.90 Å². The summed E-state index contributed by atoms with van der Waals surface area (Å²) >= 11 is 0. The van der Waals surface area contributed by atoms with Crippen LogP contribution in [0, 0.1) is 23.2 Å². The molecular weight excluding hydrogens is 377 g/mol. The second-order valence-electron chi connectivity index (χ2n) is 7.69. The van der Waals surface area contributed by atoms with Crippen LogP contribution in [0.4, 0.5) is 0 Å². The third-order valence-electron chi connectivity index (χ3n) is 6.08. The van der Waals surface area contributed by atoms with E-state index in [0.717, 1.165) is 56.6 Å². The van der Waals surface area contributed by atoms with Gasteiger partial charge in [-0.3, -0.25) is 4.99 Å². The van der Waals surface area contributed by atoms with E-state index in [9.17, 15) is 0 Å². The van der Waals surface area contributed by atoms with Gasteiger partial charge in [0.1, 0.15) is 0 Å². The lowest BCUT2D eigenvalue weighted by molar-refractivity contribution is -0.0466. The summed E-state index contributed by atoms with van der Waals surface area (Å²) < 4.78 is 5.38. The Hall–Kier alpha value is -0.0400. The van der Waals surface area contributed by atoms with E-state index in [1.807, 2.05) is 0 Å². The average Bonchev–Trinajstić information content (AvgIpc) is 2.44. The van der Waals surface area contributed by atoms with Crippen molar-refractivity contribution in [2.45, 2.75) is 38.5 Å². The number of nitrogens with two attached hydrogens (primary N) is 1. The lowest BCUT2D eigenvalue weighted by Crippen LogP contribution is -2.49. The molecule has 4 aliphatic carbocycles. The summed E-state index contributed by atoms with van der Waals surface area (Å²) in [5, 5.41) is 0. The van der Waals surface area contributed by atoms with Crippen LogP contribution in [0.15, 0.2) is 4.99 Å². The Morgan fingerprint density at radius 1 is 1.05 bits per heavy atom. The van der Waals surface area contributed by atoms with E-state index in [1.54, 1.807) is 0 Å². The maximum absolute atomic E-state index is 6.20. The lowest BCUT2D eigenvalue weighted by atomic mass is 9.49. The minimum Gasteiger partial charge on any atom is -0.378 e. The number of rotatable bonds is 2. The van der Waals surface area contributed by atoms with Crippen molar-refractivity contribution in [3.05, 3.63) is 0 Å². The zero-order valence-electron chi connectivity index (χ0n) is 12.8. The molecule has 120 valence electrons. The third-order valence-corrected chi connectivity index (χ3v) is 6.08. The molecule has 1 saturated heterocycles. The van der Waals surface area contributed by atoms with Crippen LogP contribution < -0.4 is 5.73 Å². The van der Waals surface area contributed by atoms with Crippen molar-refractivity contribution in [2.24, 2.45) is 33.9 Å². The molecule has 4 bridgehead atoms. The first-order chi connectivity index (χ1) is 9.72. The SMILES string of the molecule is I.NC(=NCC12CC3CC(CC(C3)C1)C2)N1CCOCC1. The molecule has 4 saturated carbocycles. The zero-order valence-corrected chi connectivity index (χ0v) is 15.1.